The molecule has 1 aromatic heterocycles. The highest BCUT2D eigenvalue weighted by Gasteiger charge is 2.48. The minimum absolute atomic E-state index is 0.0470. The summed E-state index contributed by atoms with van der Waals surface area (Å²) in [5, 5.41) is 12.4. The zero-order chi connectivity index (χ0) is 15.2. The first-order valence-corrected chi connectivity index (χ1v) is 6.89. The van der Waals surface area contributed by atoms with Crippen molar-refractivity contribution in [2.75, 3.05) is 18.4 Å². The van der Waals surface area contributed by atoms with Crippen molar-refractivity contribution in [3.8, 4) is 6.07 Å². The van der Waals surface area contributed by atoms with E-state index in [2.05, 4.69) is 16.4 Å². The van der Waals surface area contributed by atoms with Gasteiger partial charge in [-0.2, -0.15) is 5.26 Å². The number of amides is 1. The summed E-state index contributed by atoms with van der Waals surface area (Å²) in [5.74, 6) is 1.41. The van der Waals surface area contributed by atoms with Crippen molar-refractivity contribution >= 4 is 11.8 Å². The number of oxazole rings is 1. The minimum Gasteiger partial charge on any atom is -0.425 e. The van der Waals surface area contributed by atoms with Crippen molar-refractivity contribution < 1.29 is 9.21 Å². The average Bonchev–Trinajstić information content (AvgIpc) is 2.81. The first-order valence-electron chi connectivity index (χ1n) is 6.89. The first kappa shape index (κ1) is 13.5. The molecule has 3 N–H and O–H groups in total. The maximum Gasteiger partial charge on any atom is 0.223 e. The summed E-state index contributed by atoms with van der Waals surface area (Å²) in [7, 11) is 0. The Morgan fingerprint density at radius 3 is 2.76 bits per heavy atom. The summed E-state index contributed by atoms with van der Waals surface area (Å²) in [6, 6.07) is 2.22. The molecule has 7 nitrogen and oxygen atoms in total. The molecule has 0 radical (unpaired) electrons. The summed E-state index contributed by atoms with van der Waals surface area (Å²) in [6.07, 6.45) is 1.24. The predicted molar refractivity (Wildman–Crippen MR) is 74.9 cm³/mol. The van der Waals surface area contributed by atoms with Crippen molar-refractivity contribution in [1.29, 1.82) is 5.26 Å². The van der Waals surface area contributed by atoms with Crippen molar-refractivity contribution in [2.45, 2.75) is 32.1 Å². The summed E-state index contributed by atoms with van der Waals surface area (Å²) in [6.45, 7) is 4.49. The number of carbonyl (C=O) groups is 1. The number of allylic oxidation sites excluding steroid dienone is 1. The smallest absolute Gasteiger partial charge is 0.223 e. The van der Waals surface area contributed by atoms with Gasteiger partial charge >= 0.3 is 0 Å². The Morgan fingerprint density at radius 1 is 1.52 bits per heavy atom. The molecule has 1 fully saturated rings. The number of likely N-dealkylation sites (tertiary alicyclic amines) is 1. The molecule has 3 heterocycles. The molecule has 0 saturated carbocycles. The molecule has 0 unspecified atom stereocenters. The number of hydrogen-bond acceptors (Lipinski definition) is 6. The molecular weight excluding hydrogens is 270 g/mol. The highest BCUT2D eigenvalue weighted by atomic mass is 16.4. The summed E-state index contributed by atoms with van der Waals surface area (Å²) < 4.78 is 5.54. The van der Waals surface area contributed by atoms with Crippen LogP contribution in [-0.4, -0.2) is 28.9 Å². The van der Waals surface area contributed by atoms with Crippen molar-refractivity contribution in [1.82, 2.24) is 9.88 Å². The Morgan fingerprint density at radius 2 is 2.19 bits per heavy atom. The minimum atomic E-state index is -0.552. The Labute approximate surface area is 122 Å². The van der Waals surface area contributed by atoms with E-state index in [0.29, 0.717) is 49.1 Å². The van der Waals surface area contributed by atoms with E-state index in [9.17, 15) is 10.1 Å². The number of nitriles is 1. The molecule has 0 aliphatic carbocycles. The normalized spacial score (nSPS) is 20.0. The summed E-state index contributed by atoms with van der Waals surface area (Å²) in [5.41, 5.74) is 6.66. The number of piperidine rings is 1. The number of rotatable bonds is 0. The SMILES string of the molecule is CC(=O)N1CCC2(CC1)C(C#N)=C(N)Nc1oc(C)nc12. The van der Waals surface area contributed by atoms with E-state index >= 15 is 0 Å². The average molecular weight is 287 g/mol. The third-order valence-corrected chi connectivity index (χ3v) is 4.36. The molecule has 110 valence electrons. The topological polar surface area (TPSA) is 108 Å². The van der Waals surface area contributed by atoms with Gasteiger partial charge in [-0.15, -0.1) is 0 Å². The van der Waals surface area contributed by atoms with Gasteiger partial charge in [-0.05, 0) is 12.8 Å². The fourth-order valence-corrected chi connectivity index (χ4v) is 3.25. The number of aryl methyl sites for hydroxylation is 1. The highest BCUT2D eigenvalue weighted by molar-refractivity contribution is 5.73. The van der Waals surface area contributed by atoms with Gasteiger partial charge in [0.05, 0.1) is 17.1 Å². The van der Waals surface area contributed by atoms with Crippen molar-refractivity contribution in [3.05, 3.63) is 23.0 Å². The molecule has 0 atom stereocenters. The van der Waals surface area contributed by atoms with Gasteiger partial charge in [-0.25, -0.2) is 4.98 Å². The number of nitrogens with two attached hydrogens (primary N) is 1. The van der Waals surface area contributed by atoms with Crippen LogP contribution in [0.3, 0.4) is 0 Å². The number of anilines is 1. The molecule has 2 aliphatic heterocycles. The van der Waals surface area contributed by atoms with Crippen LogP contribution in [0.1, 0.15) is 31.4 Å². The van der Waals surface area contributed by atoms with Crippen LogP contribution < -0.4 is 11.1 Å². The van der Waals surface area contributed by atoms with E-state index in [1.54, 1.807) is 18.7 Å². The fourth-order valence-electron chi connectivity index (χ4n) is 3.25. The Kier molecular flexibility index (Phi) is 2.90. The van der Waals surface area contributed by atoms with Gasteiger partial charge in [0.15, 0.2) is 5.89 Å². The quantitative estimate of drug-likeness (QED) is 0.736. The molecule has 1 saturated heterocycles. The second kappa shape index (κ2) is 4.52. The third-order valence-electron chi connectivity index (χ3n) is 4.36. The zero-order valence-electron chi connectivity index (χ0n) is 12.1. The largest absolute Gasteiger partial charge is 0.425 e. The lowest BCUT2D eigenvalue weighted by molar-refractivity contribution is -0.130. The lowest BCUT2D eigenvalue weighted by Crippen LogP contribution is -2.48. The van der Waals surface area contributed by atoms with Crippen LogP contribution in [0.25, 0.3) is 0 Å². The van der Waals surface area contributed by atoms with Crippen LogP contribution in [0.15, 0.2) is 15.8 Å². The zero-order valence-corrected chi connectivity index (χ0v) is 12.1. The van der Waals surface area contributed by atoms with Crippen molar-refractivity contribution in [3.63, 3.8) is 0 Å². The van der Waals surface area contributed by atoms with Crippen LogP contribution in [0.4, 0.5) is 5.88 Å². The number of aromatic nitrogens is 1. The van der Waals surface area contributed by atoms with Crippen LogP contribution in [0.2, 0.25) is 0 Å². The Bertz CT molecular complexity index is 674. The molecule has 7 heteroatoms. The van der Waals surface area contributed by atoms with Gasteiger partial charge in [-0.3, -0.25) is 4.79 Å². The molecule has 1 amide bonds. The second-order valence-corrected chi connectivity index (χ2v) is 5.52. The summed E-state index contributed by atoms with van der Waals surface area (Å²) in [4.78, 5) is 17.8. The lowest BCUT2D eigenvalue weighted by Gasteiger charge is -2.42. The molecular formula is C14H17N5O2. The highest BCUT2D eigenvalue weighted by Crippen LogP contribution is 2.47. The number of fused-ring (bicyclic) bond motifs is 2. The fraction of sp³-hybridized carbons (Fsp3) is 0.500. The molecule has 0 bridgehead atoms. The van der Waals surface area contributed by atoms with Gasteiger partial charge in [0, 0.05) is 26.9 Å². The number of nitrogens with one attached hydrogen (secondary N) is 1. The second-order valence-electron chi connectivity index (χ2n) is 5.52. The van der Waals surface area contributed by atoms with E-state index < -0.39 is 5.41 Å². The number of hydrogen-bond donors (Lipinski definition) is 2. The van der Waals surface area contributed by atoms with Crippen LogP contribution in [-0.2, 0) is 10.2 Å². The number of carbonyl (C=O) groups excluding carboxylic acids is 1. The van der Waals surface area contributed by atoms with E-state index in [1.807, 2.05) is 0 Å². The Hall–Kier alpha value is -2.49. The van der Waals surface area contributed by atoms with Crippen molar-refractivity contribution in [2.24, 2.45) is 5.73 Å². The lowest BCUT2D eigenvalue weighted by atomic mass is 9.69. The number of nitrogens with zero attached hydrogens (tertiary/aromatic N) is 3. The first-order chi connectivity index (χ1) is 9.98. The standard InChI is InChI=1S/C14H17N5O2/c1-8-17-11-13(21-8)18-12(16)10(7-15)14(11)3-5-19(6-4-14)9(2)20/h18H,3-6,16H2,1-2H3. The maximum absolute atomic E-state index is 11.5. The third kappa shape index (κ3) is 1.87. The van der Waals surface area contributed by atoms with Gasteiger partial charge in [0.1, 0.15) is 11.5 Å². The monoisotopic (exact) mass is 287 g/mol. The van der Waals surface area contributed by atoms with Gasteiger partial charge in [-0.1, -0.05) is 0 Å². The van der Waals surface area contributed by atoms with Gasteiger partial charge < -0.3 is 20.4 Å². The molecule has 0 aromatic carbocycles. The molecule has 2 aliphatic rings. The molecule has 3 rings (SSSR count). The molecule has 1 spiro atoms. The molecule has 21 heavy (non-hydrogen) atoms. The van der Waals surface area contributed by atoms with Gasteiger partial charge in [0.2, 0.25) is 11.8 Å². The molecule has 1 aromatic rings. The van der Waals surface area contributed by atoms with E-state index in [1.165, 1.54) is 0 Å². The predicted octanol–water partition coefficient (Wildman–Crippen LogP) is 0.983. The van der Waals surface area contributed by atoms with E-state index in [4.69, 9.17) is 10.2 Å². The van der Waals surface area contributed by atoms with Crippen LogP contribution in [0, 0.1) is 18.3 Å². The van der Waals surface area contributed by atoms with Crippen LogP contribution in [0.5, 0.6) is 0 Å². The van der Waals surface area contributed by atoms with Crippen LogP contribution >= 0.6 is 0 Å². The van der Waals surface area contributed by atoms with Gasteiger partial charge in [0.25, 0.3) is 0 Å². The summed E-state index contributed by atoms with van der Waals surface area (Å²) >= 11 is 0. The van der Waals surface area contributed by atoms with E-state index in [-0.39, 0.29) is 5.91 Å². The van der Waals surface area contributed by atoms with E-state index in [0.717, 1.165) is 5.69 Å². The maximum atomic E-state index is 11.5. The Balaban J connectivity index is 2.07.